The van der Waals surface area contributed by atoms with Crippen LogP contribution in [-0.4, -0.2) is 54.8 Å². The molecule has 3 N–H and O–H groups in total. The number of nitrogens with one attached hydrogen (secondary N) is 1. The van der Waals surface area contributed by atoms with E-state index < -0.39 is 60.1 Å². The number of hydrogen-bond donors (Lipinski definition) is 3. The Morgan fingerprint density at radius 2 is 2.03 bits per heavy atom. The van der Waals surface area contributed by atoms with Crippen LogP contribution in [0.2, 0.25) is 0 Å². The summed E-state index contributed by atoms with van der Waals surface area (Å²) in [4.78, 5) is 36.7. The largest absolute Gasteiger partial charge is 0.481 e. The van der Waals surface area contributed by atoms with Gasteiger partial charge in [-0.05, 0) is 35.0 Å². The highest BCUT2D eigenvalue weighted by atomic mass is 79.9. The van der Waals surface area contributed by atoms with E-state index >= 15 is 4.39 Å². The van der Waals surface area contributed by atoms with E-state index in [1.54, 1.807) is 18.2 Å². The van der Waals surface area contributed by atoms with Gasteiger partial charge in [0.05, 0.1) is 6.61 Å². The third-order valence-electron chi connectivity index (χ3n) is 4.71. The van der Waals surface area contributed by atoms with Crippen LogP contribution >= 0.6 is 23.5 Å². The van der Waals surface area contributed by atoms with E-state index in [9.17, 15) is 29.2 Å². The Balaban J connectivity index is 1.83. The van der Waals surface area contributed by atoms with Crippen molar-refractivity contribution in [3.8, 4) is 5.75 Å². The van der Waals surface area contributed by atoms with Crippen LogP contribution in [0, 0.1) is 0 Å². The van der Waals surface area contributed by atoms with Crippen molar-refractivity contribution in [2.45, 2.75) is 35.6 Å². The molecule has 0 radical (unpaired) electrons. The van der Waals surface area contributed by atoms with E-state index in [2.05, 4.69) is 15.9 Å². The lowest BCUT2D eigenvalue weighted by Crippen LogP contribution is -2.41. The van der Waals surface area contributed by atoms with Crippen LogP contribution in [0.25, 0.3) is 0 Å². The number of alkyl halides is 2. The van der Waals surface area contributed by atoms with Crippen molar-refractivity contribution >= 4 is 29.5 Å². The fourth-order valence-electron chi connectivity index (χ4n) is 2.88. The number of aliphatic carboxylic acids is 1. The van der Waals surface area contributed by atoms with E-state index in [1.165, 1.54) is 12.1 Å². The SMILES string of the molecule is CC(C(=O)O)P(=O)(OC[C@H]1O[C@@H](n2ccc(=O)[nH]c2=O)[C@@](F)(Br)[C@@H]1O)Oc1ccccc1. The molecule has 0 aliphatic carbocycles. The van der Waals surface area contributed by atoms with Crippen LogP contribution in [0.15, 0.2) is 52.2 Å². The summed E-state index contributed by atoms with van der Waals surface area (Å²) in [7, 11) is -4.36. The Hall–Kier alpha value is -2.31. The first kappa shape index (κ1) is 24.3. The van der Waals surface area contributed by atoms with Gasteiger partial charge in [0.2, 0.25) is 4.58 Å². The zero-order chi connectivity index (χ0) is 23.7. The lowest BCUT2D eigenvalue weighted by Gasteiger charge is -2.24. The number of benzene rings is 1. The van der Waals surface area contributed by atoms with E-state index in [1.807, 2.05) is 4.98 Å². The molecule has 0 saturated carbocycles. The number of hydrogen-bond acceptors (Lipinski definition) is 8. The Morgan fingerprint density at radius 1 is 1.38 bits per heavy atom. The molecule has 6 atom stereocenters. The van der Waals surface area contributed by atoms with E-state index in [-0.39, 0.29) is 5.75 Å². The smallest absolute Gasteiger partial charge is 0.393 e. The molecule has 0 spiro atoms. The number of aliphatic hydroxyl groups excluding tert-OH is 1. The van der Waals surface area contributed by atoms with Crippen LogP contribution in [0.5, 0.6) is 5.75 Å². The molecule has 32 heavy (non-hydrogen) atoms. The van der Waals surface area contributed by atoms with E-state index in [0.29, 0.717) is 4.57 Å². The standard InChI is InChI=1S/C18H19BrFN2O9P/c1-10(15(25)26)32(28,31-11-5-3-2-4-6-11)29-9-12-14(24)18(19,20)16(30-12)22-8-7-13(23)21-17(22)27/h2-8,10,12,14,16,24H,9H2,1H3,(H,25,26)(H,21,23,27)/t10?,12-,14-,16-,18-,32?/m1/s1. The van der Waals surface area contributed by atoms with Gasteiger partial charge in [-0.15, -0.1) is 0 Å². The summed E-state index contributed by atoms with van der Waals surface area (Å²) in [6.07, 6.45) is -4.14. The number of carboxylic acids is 1. The van der Waals surface area contributed by atoms with Gasteiger partial charge < -0.3 is 19.5 Å². The number of halogens is 2. The van der Waals surface area contributed by atoms with Crippen molar-refractivity contribution in [3.05, 3.63) is 63.4 Å². The highest BCUT2D eigenvalue weighted by molar-refractivity contribution is 9.10. The van der Waals surface area contributed by atoms with Crippen LogP contribution < -0.4 is 15.8 Å². The molecule has 1 fully saturated rings. The Bertz CT molecular complexity index is 1140. The monoisotopic (exact) mass is 536 g/mol. The first-order chi connectivity index (χ1) is 15.0. The number of aromatic amines is 1. The van der Waals surface area contributed by atoms with Crippen LogP contribution in [-0.2, 0) is 18.6 Å². The molecule has 2 unspecified atom stereocenters. The van der Waals surface area contributed by atoms with E-state index in [4.69, 9.17) is 13.8 Å². The molecule has 1 aliphatic rings. The predicted octanol–water partition coefficient (Wildman–Crippen LogP) is 1.62. The summed E-state index contributed by atoms with van der Waals surface area (Å²) in [6, 6.07) is 8.65. The fraction of sp³-hybridized carbons (Fsp3) is 0.389. The van der Waals surface area contributed by atoms with Crippen molar-refractivity contribution in [2.75, 3.05) is 6.61 Å². The third kappa shape index (κ3) is 4.86. The maximum atomic E-state index is 15.2. The molecule has 1 saturated heterocycles. The highest BCUT2D eigenvalue weighted by Crippen LogP contribution is 2.54. The molecule has 1 aromatic carbocycles. The second-order valence-corrected chi connectivity index (χ2v) is 10.4. The zero-order valence-electron chi connectivity index (χ0n) is 16.5. The average Bonchev–Trinajstić information content (AvgIpc) is 2.96. The zero-order valence-corrected chi connectivity index (χ0v) is 18.9. The predicted molar refractivity (Wildman–Crippen MR) is 112 cm³/mol. The molecule has 2 heterocycles. The van der Waals surface area contributed by atoms with Gasteiger partial charge in [-0.25, -0.2) is 13.8 Å². The average molecular weight is 537 g/mol. The van der Waals surface area contributed by atoms with Gasteiger partial charge in [0.1, 0.15) is 18.0 Å². The summed E-state index contributed by atoms with van der Waals surface area (Å²) < 4.78 is 42.4. The molecule has 2 aromatic rings. The fourth-order valence-corrected chi connectivity index (χ4v) is 4.97. The number of aliphatic hydroxyl groups is 1. The number of nitrogens with zero attached hydrogens (tertiary/aromatic N) is 1. The summed E-state index contributed by atoms with van der Waals surface area (Å²) in [6.45, 7) is 0.388. The number of carboxylic acid groups (broad SMARTS) is 1. The second-order valence-electron chi connectivity index (χ2n) is 6.92. The molecule has 0 amide bonds. The molecule has 1 aliphatic heterocycles. The topological polar surface area (TPSA) is 157 Å². The van der Waals surface area contributed by atoms with Crippen molar-refractivity contribution in [1.29, 1.82) is 0 Å². The number of aromatic nitrogens is 2. The number of rotatable bonds is 8. The van der Waals surface area contributed by atoms with Crippen LogP contribution in [0.3, 0.4) is 0 Å². The number of ether oxygens (including phenoxy) is 1. The Morgan fingerprint density at radius 3 is 2.62 bits per heavy atom. The maximum absolute atomic E-state index is 15.2. The summed E-state index contributed by atoms with van der Waals surface area (Å²) in [5.74, 6) is -1.38. The van der Waals surface area contributed by atoms with Crippen molar-refractivity contribution in [2.24, 2.45) is 0 Å². The second kappa shape index (κ2) is 9.28. The number of carbonyl (C=O) groups is 1. The molecular weight excluding hydrogens is 518 g/mol. The molecule has 11 nitrogen and oxygen atoms in total. The van der Waals surface area contributed by atoms with Gasteiger partial charge in [0.15, 0.2) is 11.9 Å². The quantitative estimate of drug-likeness (QED) is 0.336. The number of H-pyrrole nitrogens is 1. The lowest BCUT2D eigenvalue weighted by atomic mass is 10.1. The molecule has 174 valence electrons. The van der Waals surface area contributed by atoms with Gasteiger partial charge in [0, 0.05) is 12.3 Å². The third-order valence-corrected chi connectivity index (χ3v) is 7.71. The minimum absolute atomic E-state index is 0.0785. The molecule has 1 aromatic heterocycles. The van der Waals surface area contributed by atoms with Gasteiger partial charge >= 0.3 is 19.3 Å². The molecule has 0 bridgehead atoms. The summed E-state index contributed by atoms with van der Waals surface area (Å²) in [5, 5.41) is 19.7. The summed E-state index contributed by atoms with van der Waals surface area (Å²) in [5.41, 5.74) is -3.31. The van der Waals surface area contributed by atoms with Crippen LogP contribution in [0.4, 0.5) is 4.39 Å². The first-order valence-electron chi connectivity index (χ1n) is 9.20. The Labute approximate surface area is 188 Å². The normalized spacial score (nSPS) is 28.1. The van der Waals surface area contributed by atoms with Gasteiger partial charge in [-0.3, -0.25) is 23.7 Å². The van der Waals surface area contributed by atoms with Crippen LogP contribution in [0.1, 0.15) is 13.2 Å². The molecule has 14 heteroatoms. The van der Waals surface area contributed by atoms with Gasteiger partial charge in [0.25, 0.3) is 5.56 Å². The first-order valence-corrected chi connectivity index (χ1v) is 11.6. The highest BCUT2D eigenvalue weighted by Gasteiger charge is 2.58. The maximum Gasteiger partial charge on any atom is 0.393 e. The lowest BCUT2D eigenvalue weighted by molar-refractivity contribution is -0.136. The molecular formula is C18H19BrFN2O9P. The minimum Gasteiger partial charge on any atom is -0.481 e. The van der Waals surface area contributed by atoms with Crippen molar-refractivity contribution in [3.63, 3.8) is 0 Å². The van der Waals surface area contributed by atoms with E-state index in [0.717, 1.165) is 19.2 Å². The molecule has 3 rings (SSSR count). The van der Waals surface area contributed by atoms with Gasteiger partial charge in [-0.2, -0.15) is 0 Å². The minimum atomic E-state index is -4.36. The van der Waals surface area contributed by atoms with Crippen molar-refractivity contribution in [1.82, 2.24) is 9.55 Å². The Kier molecular flexibility index (Phi) is 7.06. The number of para-hydroxylation sites is 1. The summed E-state index contributed by atoms with van der Waals surface area (Å²) >= 11 is 2.69. The van der Waals surface area contributed by atoms with Crippen molar-refractivity contribution < 1.29 is 37.7 Å². The van der Waals surface area contributed by atoms with Gasteiger partial charge in [-0.1, -0.05) is 18.2 Å².